The summed E-state index contributed by atoms with van der Waals surface area (Å²) in [7, 11) is 1.63. The standard InChI is InChI=1S/C27H31N3O3/c1-19-7-9-21(10-8-19)18-25(30-26(31)22-6-4-5-20(2)17-22)27(32)29-16-15-28-23-11-13-24(33-3)14-12-23/h4-14,17,25,28H,15-16,18H2,1-3H3,(H,29,32)(H,30,31). The number of carbonyl (C=O) groups excluding carboxylic acids is 2. The molecule has 172 valence electrons. The maximum atomic E-state index is 13.0. The predicted octanol–water partition coefficient (Wildman–Crippen LogP) is 3.88. The second kappa shape index (κ2) is 11.7. The van der Waals surface area contributed by atoms with Crippen molar-refractivity contribution in [2.24, 2.45) is 0 Å². The Labute approximate surface area is 195 Å². The smallest absolute Gasteiger partial charge is 0.251 e. The maximum absolute atomic E-state index is 13.0. The summed E-state index contributed by atoms with van der Waals surface area (Å²) in [5.41, 5.74) is 4.61. The van der Waals surface area contributed by atoms with E-state index >= 15 is 0 Å². The SMILES string of the molecule is COc1ccc(NCCNC(=O)C(Cc2ccc(C)cc2)NC(=O)c2cccc(C)c2)cc1. The quantitative estimate of drug-likeness (QED) is 0.414. The molecule has 3 aromatic carbocycles. The van der Waals surface area contributed by atoms with Gasteiger partial charge in [-0.25, -0.2) is 0 Å². The summed E-state index contributed by atoms with van der Waals surface area (Å²) >= 11 is 0. The zero-order valence-electron chi connectivity index (χ0n) is 19.4. The number of aryl methyl sites for hydroxylation is 2. The Kier molecular flexibility index (Phi) is 8.47. The number of methoxy groups -OCH3 is 1. The van der Waals surface area contributed by atoms with Crippen molar-refractivity contribution in [2.45, 2.75) is 26.3 Å². The predicted molar refractivity (Wildman–Crippen MR) is 132 cm³/mol. The van der Waals surface area contributed by atoms with Crippen LogP contribution in [0.25, 0.3) is 0 Å². The Balaban J connectivity index is 1.60. The van der Waals surface area contributed by atoms with Crippen LogP contribution < -0.4 is 20.7 Å². The van der Waals surface area contributed by atoms with Gasteiger partial charge in [-0.1, -0.05) is 47.5 Å². The lowest BCUT2D eigenvalue weighted by atomic mass is 10.0. The van der Waals surface area contributed by atoms with Gasteiger partial charge in [-0.05, 0) is 55.8 Å². The van der Waals surface area contributed by atoms with Crippen molar-refractivity contribution in [3.63, 3.8) is 0 Å². The van der Waals surface area contributed by atoms with Gasteiger partial charge in [0, 0.05) is 30.8 Å². The summed E-state index contributed by atoms with van der Waals surface area (Å²) in [5.74, 6) is 0.313. The molecule has 33 heavy (non-hydrogen) atoms. The van der Waals surface area contributed by atoms with Crippen LogP contribution in [0, 0.1) is 13.8 Å². The lowest BCUT2D eigenvalue weighted by Gasteiger charge is -2.19. The molecule has 6 nitrogen and oxygen atoms in total. The number of carbonyl (C=O) groups is 2. The fraction of sp³-hybridized carbons (Fsp3) is 0.259. The number of benzene rings is 3. The van der Waals surface area contributed by atoms with Gasteiger partial charge in [0.15, 0.2) is 0 Å². The summed E-state index contributed by atoms with van der Waals surface area (Å²) in [6.45, 7) is 4.93. The fourth-order valence-electron chi connectivity index (χ4n) is 3.42. The normalized spacial score (nSPS) is 11.4. The number of anilines is 1. The van der Waals surface area contributed by atoms with Gasteiger partial charge in [-0.3, -0.25) is 9.59 Å². The molecule has 3 aromatic rings. The topological polar surface area (TPSA) is 79.5 Å². The molecule has 0 aliphatic carbocycles. The first-order valence-electron chi connectivity index (χ1n) is 11.0. The number of ether oxygens (including phenoxy) is 1. The number of rotatable bonds is 10. The van der Waals surface area contributed by atoms with Crippen molar-refractivity contribution < 1.29 is 14.3 Å². The molecule has 1 unspecified atom stereocenters. The van der Waals surface area contributed by atoms with Gasteiger partial charge in [0.1, 0.15) is 11.8 Å². The Morgan fingerprint density at radius 2 is 1.61 bits per heavy atom. The summed E-state index contributed by atoms with van der Waals surface area (Å²) in [4.78, 5) is 25.8. The molecule has 0 bridgehead atoms. The van der Waals surface area contributed by atoms with Crippen molar-refractivity contribution in [2.75, 3.05) is 25.5 Å². The minimum Gasteiger partial charge on any atom is -0.497 e. The molecule has 3 rings (SSSR count). The van der Waals surface area contributed by atoms with Crippen LogP contribution in [0.5, 0.6) is 5.75 Å². The molecule has 2 amide bonds. The highest BCUT2D eigenvalue weighted by Crippen LogP contribution is 2.14. The molecule has 0 saturated carbocycles. The number of hydrogen-bond acceptors (Lipinski definition) is 4. The third kappa shape index (κ3) is 7.38. The van der Waals surface area contributed by atoms with E-state index in [1.165, 1.54) is 0 Å². The first-order valence-corrected chi connectivity index (χ1v) is 11.0. The van der Waals surface area contributed by atoms with E-state index in [1.807, 2.05) is 80.6 Å². The molecule has 0 aliphatic rings. The molecule has 6 heteroatoms. The van der Waals surface area contributed by atoms with Gasteiger partial charge in [0.25, 0.3) is 5.91 Å². The highest BCUT2D eigenvalue weighted by molar-refractivity contribution is 5.97. The average molecular weight is 446 g/mol. The number of hydrogen-bond donors (Lipinski definition) is 3. The van der Waals surface area contributed by atoms with Crippen LogP contribution >= 0.6 is 0 Å². The van der Waals surface area contributed by atoms with Crippen LogP contribution in [-0.4, -0.2) is 38.1 Å². The monoisotopic (exact) mass is 445 g/mol. The lowest BCUT2D eigenvalue weighted by Crippen LogP contribution is -2.48. The third-order valence-corrected chi connectivity index (χ3v) is 5.31. The van der Waals surface area contributed by atoms with E-state index in [4.69, 9.17) is 4.74 Å². The molecule has 0 aliphatic heterocycles. The van der Waals surface area contributed by atoms with Crippen molar-refractivity contribution >= 4 is 17.5 Å². The summed E-state index contributed by atoms with van der Waals surface area (Å²) < 4.78 is 5.16. The molecule has 0 aromatic heterocycles. The van der Waals surface area contributed by atoms with Crippen LogP contribution in [0.4, 0.5) is 5.69 Å². The Morgan fingerprint density at radius 3 is 2.27 bits per heavy atom. The zero-order valence-corrected chi connectivity index (χ0v) is 19.4. The molecule has 0 fully saturated rings. The third-order valence-electron chi connectivity index (χ3n) is 5.31. The van der Waals surface area contributed by atoms with E-state index in [0.717, 1.165) is 28.1 Å². The second-order valence-electron chi connectivity index (χ2n) is 8.03. The fourth-order valence-corrected chi connectivity index (χ4v) is 3.42. The summed E-state index contributed by atoms with van der Waals surface area (Å²) in [6.07, 6.45) is 0.412. The first kappa shape index (κ1) is 23.9. The van der Waals surface area contributed by atoms with E-state index in [1.54, 1.807) is 13.2 Å². The summed E-state index contributed by atoms with van der Waals surface area (Å²) in [6, 6.07) is 22.2. The molecule has 0 spiro atoms. The van der Waals surface area contributed by atoms with Crippen LogP contribution in [0.3, 0.4) is 0 Å². The molecular formula is C27H31N3O3. The number of amides is 2. The van der Waals surface area contributed by atoms with Crippen molar-refractivity contribution in [3.05, 3.63) is 95.1 Å². The highest BCUT2D eigenvalue weighted by atomic mass is 16.5. The molecule has 0 radical (unpaired) electrons. The van der Waals surface area contributed by atoms with Crippen LogP contribution in [0.2, 0.25) is 0 Å². The maximum Gasteiger partial charge on any atom is 0.251 e. The van der Waals surface area contributed by atoms with Crippen LogP contribution in [0.15, 0.2) is 72.8 Å². The Hall–Kier alpha value is -3.80. The molecule has 0 heterocycles. The largest absolute Gasteiger partial charge is 0.497 e. The molecule has 0 saturated heterocycles. The van der Waals surface area contributed by atoms with Gasteiger partial charge in [0.2, 0.25) is 5.91 Å². The van der Waals surface area contributed by atoms with E-state index in [9.17, 15) is 9.59 Å². The Morgan fingerprint density at radius 1 is 0.879 bits per heavy atom. The average Bonchev–Trinajstić information content (AvgIpc) is 2.83. The van der Waals surface area contributed by atoms with Crippen LogP contribution in [-0.2, 0) is 11.2 Å². The lowest BCUT2D eigenvalue weighted by molar-refractivity contribution is -0.122. The van der Waals surface area contributed by atoms with Gasteiger partial charge in [-0.2, -0.15) is 0 Å². The van der Waals surface area contributed by atoms with E-state index in [-0.39, 0.29) is 11.8 Å². The molecular weight excluding hydrogens is 414 g/mol. The van der Waals surface area contributed by atoms with Gasteiger partial charge in [0.05, 0.1) is 7.11 Å². The number of nitrogens with one attached hydrogen (secondary N) is 3. The summed E-state index contributed by atoms with van der Waals surface area (Å²) in [5, 5.41) is 9.11. The second-order valence-corrected chi connectivity index (χ2v) is 8.03. The van der Waals surface area contributed by atoms with Gasteiger partial charge >= 0.3 is 0 Å². The van der Waals surface area contributed by atoms with Gasteiger partial charge in [-0.15, -0.1) is 0 Å². The van der Waals surface area contributed by atoms with Crippen molar-refractivity contribution in [1.82, 2.24) is 10.6 Å². The van der Waals surface area contributed by atoms with Crippen molar-refractivity contribution in [1.29, 1.82) is 0 Å². The highest BCUT2D eigenvalue weighted by Gasteiger charge is 2.21. The minimum atomic E-state index is -0.679. The van der Waals surface area contributed by atoms with Crippen molar-refractivity contribution in [3.8, 4) is 5.75 Å². The van der Waals surface area contributed by atoms with Gasteiger partial charge < -0.3 is 20.7 Å². The van der Waals surface area contributed by atoms with E-state index in [0.29, 0.717) is 25.1 Å². The van der Waals surface area contributed by atoms with E-state index in [2.05, 4.69) is 16.0 Å². The molecule has 1 atom stereocenters. The zero-order chi connectivity index (χ0) is 23.6. The molecule has 3 N–H and O–H groups in total. The Bertz CT molecular complexity index is 1060. The first-order chi connectivity index (χ1) is 15.9. The van der Waals surface area contributed by atoms with Crippen LogP contribution in [0.1, 0.15) is 27.0 Å². The minimum absolute atomic E-state index is 0.215. The van der Waals surface area contributed by atoms with E-state index < -0.39 is 6.04 Å².